The van der Waals surface area contributed by atoms with E-state index in [9.17, 15) is 23.5 Å². The summed E-state index contributed by atoms with van der Waals surface area (Å²) >= 11 is 0. The molecule has 2 heterocycles. The molecule has 0 amide bonds. The maximum absolute atomic E-state index is 13.8. The van der Waals surface area contributed by atoms with Gasteiger partial charge in [0, 0.05) is 6.20 Å². The summed E-state index contributed by atoms with van der Waals surface area (Å²) in [6, 6.07) is 0.679. The number of pyridine rings is 1. The zero-order chi connectivity index (χ0) is 14.6. The van der Waals surface area contributed by atoms with Crippen molar-refractivity contribution in [1.82, 2.24) is 4.57 Å². The number of hydrogen-bond acceptors (Lipinski definition) is 4. The van der Waals surface area contributed by atoms with Crippen LogP contribution >= 0.6 is 0 Å². The lowest BCUT2D eigenvalue weighted by atomic mass is 10.1. The minimum Gasteiger partial charge on any atom is -0.545 e. The van der Waals surface area contributed by atoms with Crippen LogP contribution in [0.15, 0.2) is 17.1 Å². The number of aromatic carboxylic acids is 1. The quantitative estimate of drug-likeness (QED) is 0.759. The molecule has 0 radical (unpaired) electrons. The lowest BCUT2D eigenvalue weighted by Crippen LogP contribution is -2.33. The molecule has 0 bridgehead atoms. The van der Waals surface area contributed by atoms with Crippen molar-refractivity contribution in [2.24, 2.45) is 0 Å². The predicted molar refractivity (Wildman–Crippen MR) is 62.5 cm³/mol. The highest BCUT2D eigenvalue weighted by molar-refractivity contribution is 5.93. The van der Waals surface area contributed by atoms with Crippen LogP contribution in [0.4, 0.5) is 8.78 Å². The summed E-state index contributed by atoms with van der Waals surface area (Å²) in [6.45, 7) is 1.84. The molecule has 0 spiro atoms. The summed E-state index contributed by atoms with van der Waals surface area (Å²) in [5.74, 6) is -4.49. The molecule has 0 saturated carbocycles. The number of rotatable bonds is 1. The van der Waals surface area contributed by atoms with Gasteiger partial charge in [0.15, 0.2) is 17.0 Å². The minimum absolute atomic E-state index is 0.0528. The Bertz CT molecular complexity index is 812. The van der Waals surface area contributed by atoms with Crippen LogP contribution < -0.4 is 15.3 Å². The molecule has 1 aromatic carbocycles. The van der Waals surface area contributed by atoms with E-state index >= 15 is 0 Å². The third-order valence-corrected chi connectivity index (χ3v) is 3.20. The van der Waals surface area contributed by atoms with E-state index in [1.807, 2.05) is 0 Å². The average Bonchev–Trinajstić information content (AvgIpc) is 2.38. The number of ether oxygens (including phenoxy) is 1. The molecule has 3 rings (SSSR count). The molecule has 1 aromatic heterocycles. The fraction of sp³-hybridized carbons (Fsp3) is 0.231. The van der Waals surface area contributed by atoms with Gasteiger partial charge in [0.25, 0.3) is 0 Å². The van der Waals surface area contributed by atoms with Crippen LogP contribution in [-0.2, 0) is 6.54 Å². The standard InChI is InChI=1S/C13H9F2NO4/c1-5-3-16-4-7(13(18)19)11(17)6-2-8(14)9(15)12(20-5)10(6)16/h2,4-5H,3H2,1H3,(H,18,19)/p-1/t5-/m0/s1. The van der Waals surface area contributed by atoms with E-state index in [1.165, 1.54) is 4.57 Å². The number of halogens is 2. The Kier molecular flexibility index (Phi) is 2.53. The Balaban J connectivity index is 2.53. The Hall–Kier alpha value is -2.44. The third kappa shape index (κ3) is 1.59. The first kappa shape index (κ1) is 12.6. The second kappa shape index (κ2) is 4.03. The lowest BCUT2D eigenvalue weighted by molar-refractivity contribution is -0.255. The van der Waals surface area contributed by atoms with Crippen molar-refractivity contribution in [2.75, 3.05) is 0 Å². The number of carbonyl (C=O) groups is 1. The van der Waals surface area contributed by atoms with Gasteiger partial charge in [-0.3, -0.25) is 4.79 Å². The van der Waals surface area contributed by atoms with E-state index in [1.54, 1.807) is 6.92 Å². The number of carboxylic acid groups (broad SMARTS) is 1. The molecule has 0 aliphatic carbocycles. The van der Waals surface area contributed by atoms with E-state index < -0.39 is 34.7 Å². The van der Waals surface area contributed by atoms with Crippen molar-refractivity contribution in [3.8, 4) is 5.75 Å². The number of carbonyl (C=O) groups excluding carboxylic acids is 1. The zero-order valence-electron chi connectivity index (χ0n) is 10.3. The molecular formula is C13H8F2NO4-. The monoisotopic (exact) mass is 280 g/mol. The lowest BCUT2D eigenvalue weighted by Gasteiger charge is -2.27. The second-order valence-corrected chi connectivity index (χ2v) is 4.64. The molecule has 0 N–H and O–H groups in total. The van der Waals surface area contributed by atoms with Gasteiger partial charge in [-0.2, -0.15) is 4.39 Å². The Morgan fingerprint density at radius 3 is 2.85 bits per heavy atom. The molecule has 2 aromatic rings. The van der Waals surface area contributed by atoms with Crippen molar-refractivity contribution in [3.63, 3.8) is 0 Å². The highest BCUT2D eigenvalue weighted by Crippen LogP contribution is 2.33. The van der Waals surface area contributed by atoms with Gasteiger partial charge < -0.3 is 19.2 Å². The van der Waals surface area contributed by atoms with E-state index in [4.69, 9.17) is 4.74 Å². The number of nitrogens with zero attached hydrogens (tertiary/aromatic N) is 1. The molecule has 1 aliphatic rings. The molecular weight excluding hydrogens is 272 g/mol. The molecule has 1 atom stereocenters. The van der Waals surface area contributed by atoms with Gasteiger partial charge in [0.05, 0.1) is 29.0 Å². The van der Waals surface area contributed by atoms with Crippen LogP contribution in [0.25, 0.3) is 10.9 Å². The van der Waals surface area contributed by atoms with Crippen LogP contribution in [0.2, 0.25) is 0 Å². The molecule has 104 valence electrons. The fourth-order valence-electron chi connectivity index (χ4n) is 2.39. The topological polar surface area (TPSA) is 71.4 Å². The van der Waals surface area contributed by atoms with Gasteiger partial charge >= 0.3 is 0 Å². The first-order valence-corrected chi connectivity index (χ1v) is 5.83. The average molecular weight is 280 g/mol. The van der Waals surface area contributed by atoms with Gasteiger partial charge in [-0.05, 0) is 13.0 Å². The van der Waals surface area contributed by atoms with Crippen molar-refractivity contribution < 1.29 is 23.4 Å². The van der Waals surface area contributed by atoms with Gasteiger partial charge in [0.2, 0.25) is 5.82 Å². The van der Waals surface area contributed by atoms with E-state index in [-0.39, 0.29) is 23.2 Å². The van der Waals surface area contributed by atoms with Gasteiger partial charge in [-0.25, -0.2) is 4.39 Å². The summed E-state index contributed by atoms with van der Waals surface area (Å²) in [6.07, 6.45) is 0.582. The maximum Gasteiger partial charge on any atom is 0.202 e. The summed E-state index contributed by atoms with van der Waals surface area (Å²) in [5.41, 5.74) is -1.46. The van der Waals surface area contributed by atoms with Crippen molar-refractivity contribution in [3.05, 3.63) is 39.7 Å². The smallest absolute Gasteiger partial charge is 0.202 e. The SMILES string of the molecule is C[C@H]1Cn2cc(C(=O)[O-])c(=O)c3cc(F)c(F)c(c32)O1. The number of hydrogen-bond donors (Lipinski definition) is 0. The Labute approximate surface area is 111 Å². The molecule has 1 aliphatic heterocycles. The van der Waals surface area contributed by atoms with Gasteiger partial charge in [0.1, 0.15) is 6.10 Å². The predicted octanol–water partition coefficient (Wildman–Crippen LogP) is 0.424. The van der Waals surface area contributed by atoms with Crippen LogP contribution in [0.5, 0.6) is 5.75 Å². The third-order valence-electron chi connectivity index (χ3n) is 3.20. The molecule has 7 heteroatoms. The summed E-state index contributed by atoms with van der Waals surface area (Å²) < 4.78 is 33.9. The van der Waals surface area contributed by atoms with E-state index in [0.717, 1.165) is 6.20 Å². The minimum atomic E-state index is -1.66. The van der Waals surface area contributed by atoms with Crippen LogP contribution in [0.3, 0.4) is 0 Å². The molecule has 0 unspecified atom stereocenters. The highest BCUT2D eigenvalue weighted by Gasteiger charge is 2.26. The molecule has 0 saturated heterocycles. The van der Waals surface area contributed by atoms with E-state index in [2.05, 4.69) is 0 Å². The number of carboxylic acids is 1. The van der Waals surface area contributed by atoms with Gasteiger partial charge in [-0.1, -0.05) is 0 Å². The maximum atomic E-state index is 13.8. The van der Waals surface area contributed by atoms with Crippen molar-refractivity contribution in [1.29, 1.82) is 0 Å². The fourth-order valence-corrected chi connectivity index (χ4v) is 2.39. The van der Waals surface area contributed by atoms with Crippen LogP contribution in [-0.4, -0.2) is 16.6 Å². The number of benzene rings is 1. The normalized spacial score (nSPS) is 17.1. The first-order chi connectivity index (χ1) is 9.40. The summed E-state index contributed by atoms with van der Waals surface area (Å²) in [7, 11) is 0. The zero-order valence-corrected chi connectivity index (χ0v) is 10.3. The largest absolute Gasteiger partial charge is 0.545 e. The highest BCUT2D eigenvalue weighted by atomic mass is 19.2. The summed E-state index contributed by atoms with van der Waals surface area (Å²) in [4.78, 5) is 22.9. The second-order valence-electron chi connectivity index (χ2n) is 4.64. The molecule has 20 heavy (non-hydrogen) atoms. The van der Waals surface area contributed by atoms with E-state index in [0.29, 0.717) is 6.07 Å². The molecule has 0 fully saturated rings. The van der Waals surface area contributed by atoms with Crippen molar-refractivity contribution in [2.45, 2.75) is 19.6 Å². The summed E-state index contributed by atoms with van der Waals surface area (Å²) in [5, 5.41) is 10.7. The van der Waals surface area contributed by atoms with Gasteiger partial charge in [-0.15, -0.1) is 0 Å². The molecule has 5 nitrogen and oxygen atoms in total. The van der Waals surface area contributed by atoms with Crippen molar-refractivity contribution >= 4 is 16.9 Å². The Morgan fingerprint density at radius 1 is 1.50 bits per heavy atom. The Morgan fingerprint density at radius 2 is 2.20 bits per heavy atom. The number of aromatic nitrogens is 1. The van der Waals surface area contributed by atoms with Crippen LogP contribution in [0, 0.1) is 11.6 Å². The van der Waals surface area contributed by atoms with Crippen LogP contribution in [0.1, 0.15) is 17.3 Å². The first-order valence-electron chi connectivity index (χ1n) is 5.83.